The largest absolute Gasteiger partial charge is 0.493 e. The number of hydrogen-bond acceptors (Lipinski definition) is 11. The van der Waals surface area contributed by atoms with E-state index in [0.717, 1.165) is 22.6 Å². The first kappa shape index (κ1) is 32.6. The van der Waals surface area contributed by atoms with Crippen LogP contribution < -0.4 is 20.3 Å². The zero-order chi connectivity index (χ0) is 33.9. The van der Waals surface area contributed by atoms with E-state index in [1.807, 2.05) is 38.1 Å². The highest BCUT2D eigenvalue weighted by atomic mass is 35.5. The van der Waals surface area contributed by atoms with Crippen LogP contribution in [0.25, 0.3) is 16.9 Å². The third kappa shape index (κ3) is 6.57. The number of rotatable bonds is 9. The number of thiazole rings is 1. The molecule has 5 aromatic rings. The molecule has 2 amide bonds. The fourth-order valence-electron chi connectivity index (χ4n) is 5.47. The molecule has 1 aromatic carbocycles. The number of aryl methyl sites for hydroxylation is 2. The number of pyridine rings is 2. The molecule has 0 saturated carbocycles. The van der Waals surface area contributed by atoms with Crippen molar-refractivity contribution in [1.29, 1.82) is 0 Å². The molecule has 4 aromatic heterocycles. The molecule has 0 unspecified atom stereocenters. The normalized spacial score (nSPS) is 14.5. The second-order valence-electron chi connectivity index (χ2n) is 11.1. The van der Waals surface area contributed by atoms with Crippen LogP contribution in [-0.4, -0.2) is 79.2 Å². The van der Waals surface area contributed by atoms with Gasteiger partial charge >= 0.3 is 0 Å². The molecule has 15 heteroatoms. The van der Waals surface area contributed by atoms with Gasteiger partial charge in [-0.15, -0.1) is 0 Å². The predicted octanol–water partition coefficient (Wildman–Crippen LogP) is 5.68. The van der Waals surface area contributed by atoms with Gasteiger partial charge in [0.15, 0.2) is 22.5 Å². The van der Waals surface area contributed by atoms with Gasteiger partial charge in [0.25, 0.3) is 5.91 Å². The highest BCUT2D eigenvalue weighted by molar-refractivity contribution is 7.17. The third-order valence-electron chi connectivity index (χ3n) is 7.97. The van der Waals surface area contributed by atoms with Gasteiger partial charge in [-0.05, 0) is 56.7 Å². The Balaban J connectivity index is 1.28. The second-order valence-corrected chi connectivity index (χ2v) is 12.5. The van der Waals surface area contributed by atoms with Crippen LogP contribution in [0.4, 0.5) is 22.5 Å². The Morgan fingerprint density at radius 3 is 2.67 bits per heavy atom. The summed E-state index contributed by atoms with van der Waals surface area (Å²) in [4.78, 5) is 48.1. The van der Waals surface area contributed by atoms with E-state index in [0.29, 0.717) is 63.4 Å². The molecule has 1 aliphatic rings. The Labute approximate surface area is 286 Å². The zero-order valence-corrected chi connectivity index (χ0v) is 28.3. The molecule has 1 saturated heterocycles. The van der Waals surface area contributed by atoms with Crippen molar-refractivity contribution in [3.05, 3.63) is 89.1 Å². The smallest absolute Gasteiger partial charge is 0.267 e. The highest BCUT2D eigenvalue weighted by Crippen LogP contribution is 2.34. The number of para-hydroxylation sites is 1. The van der Waals surface area contributed by atoms with Crippen molar-refractivity contribution in [3.8, 4) is 22.7 Å². The molecular formula is C33H33ClN10O3S. The average Bonchev–Trinajstić information content (AvgIpc) is 3.74. The Morgan fingerprint density at radius 1 is 1.12 bits per heavy atom. The molecule has 0 radical (unpaired) electrons. The van der Waals surface area contributed by atoms with Gasteiger partial charge in [-0.2, -0.15) is 5.10 Å². The van der Waals surface area contributed by atoms with Gasteiger partial charge in [-0.25, -0.2) is 24.6 Å². The van der Waals surface area contributed by atoms with Crippen LogP contribution in [0.2, 0.25) is 5.02 Å². The molecule has 1 aliphatic heterocycles. The molecule has 246 valence electrons. The van der Waals surface area contributed by atoms with Crippen molar-refractivity contribution < 1.29 is 14.3 Å². The van der Waals surface area contributed by atoms with E-state index < -0.39 is 0 Å². The van der Waals surface area contributed by atoms with Crippen LogP contribution in [0.15, 0.2) is 67.8 Å². The summed E-state index contributed by atoms with van der Waals surface area (Å²) >= 11 is 7.47. The van der Waals surface area contributed by atoms with Gasteiger partial charge in [0.1, 0.15) is 22.7 Å². The first-order valence-corrected chi connectivity index (χ1v) is 16.3. The van der Waals surface area contributed by atoms with Gasteiger partial charge in [-0.3, -0.25) is 9.59 Å². The summed E-state index contributed by atoms with van der Waals surface area (Å²) in [6, 6.07) is 11.0. The monoisotopic (exact) mass is 684 g/mol. The Bertz CT molecular complexity index is 1990. The van der Waals surface area contributed by atoms with E-state index in [9.17, 15) is 9.59 Å². The highest BCUT2D eigenvalue weighted by Gasteiger charge is 2.29. The van der Waals surface area contributed by atoms with Crippen molar-refractivity contribution in [2.75, 3.05) is 42.3 Å². The maximum absolute atomic E-state index is 13.0. The lowest BCUT2D eigenvalue weighted by Crippen LogP contribution is -2.54. The van der Waals surface area contributed by atoms with Crippen molar-refractivity contribution in [3.63, 3.8) is 0 Å². The maximum atomic E-state index is 13.0. The molecule has 2 N–H and O–H groups in total. The van der Waals surface area contributed by atoms with E-state index in [1.54, 1.807) is 35.0 Å². The Kier molecular flexibility index (Phi) is 9.37. The summed E-state index contributed by atoms with van der Waals surface area (Å²) in [5.41, 5.74) is 3.49. The van der Waals surface area contributed by atoms with Crippen molar-refractivity contribution in [2.45, 2.75) is 26.8 Å². The number of nitrogens with zero attached hydrogens (tertiary/aromatic N) is 8. The number of anilines is 4. The summed E-state index contributed by atoms with van der Waals surface area (Å²) in [5, 5.41) is 11.5. The molecular weight excluding hydrogens is 652 g/mol. The van der Waals surface area contributed by atoms with Crippen LogP contribution in [0.3, 0.4) is 0 Å². The Hall–Kier alpha value is -5.34. The molecule has 13 nitrogen and oxygen atoms in total. The minimum atomic E-state index is -0.324. The molecule has 0 spiro atoms. The molecule has 0 bridgehead atoms. The first-order valence-electron chi connectivity index (χ1n) is 15.1. The maximum Gasteiger partial charge on any atom is 0.267 e. The van der Waals surface area contributed by atoms with Crippen LogP contribution in [0.5, 0.6) is 5.75 Å². The molecule has 6 rings (SSSR count). The summed E-state index contributed by atoms with van der Waals surface area (Å²) < 4.78 is 7.33. The summed E-state index contributed by atoms with van der Waals surface area (Å²) in [6.07, 6.45) is 6.11. The number of carbonyl (C=O) groups is 2. The van der Waals surface area contributed by atoms with Crippen molar-refractivity contribution >= 4 is 57.2 Å². The van der Waals surface area contributed by atoms with Gasteiger partial charge in [0, 0.05) is 37.4 Å². The molecule has 1 atom stereocenters. The minimum Gasteiger partial charge on any atom is -0.493 e. The van der Waals surface area contributed by atoms with Gasteiger partial charge in [0.2, 0.25) is 5.91 Å². The second kappa shape index (κ2) is 13.8. The van der Waals surface area contributed by atoms with E-state index >= 15 is 0 Å². The van der Waals surface area contributed by atoms with Crippen LogP contribution in [0, 0.1) is 13.8 Å². The number of aromatic nitrogens is 6. The van der Waals surface area contributed by atoms with E-state index in [1.165, 1.54) is 29.9 Å². The van der Waals surface area contributed by atoms with E-state index in [4.69, 9.17) is 26.3 Å². The fraction of sp³-hybridized carbons (Fsp3) is 0.242. The number of carbonyl (C=O) groups excluding carboxylic acids is 2. The number of methoxy groups -OCH3 is 1. The molecule has 5 heterocycles. The quantitative estimate of drug-likeness (QED) is 0.186. The number of benzene rings is 1. The van der Waals surface area contributed by atoms with Crippen molar-refractivity contribution in [2.24, 2.45) is 0 Å². The summed E-state index contributed by atoms with van der Waals surface area (Å²) in [5.74, 6) is 1.91. The zero-order valence-electron chi connectivity index (χ0n) is 26.8. The van der Waals surface area contributed by atoms with Crippen LogP contribution in [0.1, 0.15) is 28.0 Å². The SMILES string of the molecule is C=CC(=O)N1CCN(c2ncc(-c3ccc(OC)c(Nc4ncc(C(=O)Nc5c(C)cccc5Cl)s4)n3)cc2-n2ncnc2C)[C@@H](C)C1. The lowest BCUT2D eigenvalue weighted by molar-refractivity contribution is -0.126. The number of nitrogens with one attached hydrogen (secondary N) is 2. The van der Waals surface area contributed by atoms with Crippen LogP contribution >= 0.6 is 22.9 Å². The fourth-order valence-corrected chi connectivity index (χ4v) is 6.45. The standard InChI is InChI=1S/C33H33ClN10O3S/c1-6-28(45)42-12-13-43(20(3)17-42)31-25(44-21(4)37-18-38-44)14-22(15-35-31)24-10-11-26(47-5)30(39-24)41-33-36-16-27(48-33)32(46)40-29-19(2)8-7-9-23(29)34/h6-11,14-16,18,20H,1,12-13,17H2,2-5H3,(H,40,46)(H,36,39,41)/t20-/m0/s1. The minimum absolute atomic E-state index is 0.00235. The lowest BCUT2D eigenvalue weighted by atomic mass is 10.1. The number of hydrogen-bond donors (Lipinski definition) is 2. The number of ether oxygens (including phenoxy) is 1. The summed E-state index contributed by atoms with van der Waals surface area (Å²) in [6.45, 7) is 11.1. The van der Waals surface area contributed by atoms with E-state index in [-0.39, 0.29) is 17.9 Å². The van der Waals surface area contributed by atoms with E-state index in [2.05, 4.69) is 44.1 Å². The Morgan fingerprint density at radius 2 is 1.96 bits per heavy atom. The topological polar surface area (TPSA) is 143 Å². The van der Waals surface area contributed by atoms with Crippen molar-refractivity contribution in [1.82, 2.24) is 34.6 Å². The van der Waals surface area contributed by atoms with Gasteiger partial charge in [0.05, 0.1) is 29.7 Å². The van der Waals surface area contributed by atoms with Gasteiger partial charge in [-0.1, -0.05) is 41.6 Å². The number of amides is 2. The number of halogens is 1. The average molecular weight is 685 g/mol. The van der Waals surface area contributed by atoms with Gasteiger partial charge < -0.3 is 25.2 Å². The first-order chi connectivity index (χ1) is 23.2. The third-order valence-corrected chi connectivity index (χ3v) is 9.20. The summed E-state index contributed by atoms with van der Waals surface area (Å²) in [7, 11) is 1.56. The number of piperazine rings is 1. The molecule has 48 heavy (non-hydrogen) atoms. The molecule has 0 aliphatic carbocycles. The lowest BCUT2D eigenvalue weighted by Gasteiger charge is -2.40. The predicted molar refractivity (Wildman–Crippen MR) is 187 cm³/mol. The molecule has 1 fully saturated rings. The van der Waals surface area contributed by atoms with Crippen LogP contribution in [-0.2, 0) is 4.79 Å².